The van der Waals surface area contributed by atoms with Crippen LogP contribution < -0.4 is 4.90 Å². The minimum atomic E-state index is -0.827. The third kappa shape index (κ3) is 15.0. The van der Waals surface area contributed by atoms with Crippen molar-refractivity contribution in [1.29, 1.82) is 10.5 Å². The summed E-state index contributed by atoms with van der Waals surface area (Å²) in [5, 5.41) is 45.5. The fraction of sp³-hybridized carbons (Fsp3) is 0.562. The van der Waals surface area contributed by atoms with E-state index in [1.807, 2.05) is 49.0 Å². The molecule has 0 amide bonds. The number of benzene rings is 1. The number of hydrogen-bond acceptors (Lipinski definition) is 13. The molecule has 0 spiro atoms. The second-order valence-corrected chi connectivity index (χ2v) is 11.8. The van der Waals surface area contributed by atoms with Crippen molar-refractivity contribution in [3.05, 3.63) is 39.8 Å². The van der Waals surface area contributed by atoms with E-state index < -0.39 is 11.9 Å². The first kappa shape index (κ1) is 39.2. The Morgan fingerprint density at radius 1 is 0.787 bits per heavy atom. The molecule has 0 unspecified atom stereocenters. The number of hydrogen-bond donors (Lipinski definition) is 2. The standard InChI is InChI=1S/C32H45N7O7S/c1-24-21-26(5-6-28(24)35-36-32-27(22-33)25(2)29(23-34)47-32)39(13-17-44-15-11-37(3)9-7-30(40)41)14-18-46-20-19-45-16-12-38(4)10-8-31(42)43/h5-6,21H,7-20H2,1-4H3,(H,40,41)(H,42,43)/b36-35+. The van der Waals surface area contributed by atoms with Crippen molar-refractivity contribution in [3.63, 3.8) is 0 Å². The van der Waals surface area contributed by atoms with Crippen molar-refractivity contribution in [2.45, 2.75) is 26.7 Å². The molecule has 0 fully saturated rings. The van der Waals surface area contributed by atoms with E-state index in [1.54, 1.807) is 6.92 Å². The molecule has 15 heteroatoms. The molecule has 0 atom stereocenters. The third-order valence-corrected chi connectivity index (χ3v) is 8.25. The molecule has 2 rings (SSSR count). The number of nitriles is 2. The first-order valence-electron chi connectivity index (χ1n) is 15.3. The summed E-state index contributed by atoms with van der Waals surface area (Å²) in [6, 6.07) is 10.0. The zero-order valence-electron chi connectivity index (χ0n) is 27.6. The number of aliphatic carboxylic acids is 2. The Kier molecular flexibility index (Phi) is 18.2. The highest BCUT2D eigenvalue weighted by atomic mass is 32.1. The Bertz CT molecular complexity index is 1400. The van der Waals surface area contributed by atoms with Crippen LogP contribution in [0.3, 0.4) is 0 Å². The van der Waals surface area contributed by atoms with Crippen LogP contribution in [-0.4, -0.2) is 125 Å². The number of azo groups is 1. The van der Waals surface area contributed by atoms with Crippen LogP contribution in [0.2, 0.25) is 0 Å². The van der Waals surface area contributed by atoms with Crippen LogP contribution in [0.15, 0.2) is 28.4 Å². The van der Waals surface area contributed by atoms with Gasteiger partial charge in [-0.15, -0.1) is 21.6 Å². The van der Waals surface area contributed by atoms with E-state index in [9.17, 15) is 20.1 Å². The number of aryl methyl sites for hydroxylation is 1. The molecule has 0 saturated carbocycles. The number of likely N-dealkylation sites (N-methyl/N-ethyl adjacent to an activating group) is 2. The molecule has 256 valence electrons. The number of thiophene rings is 1. The summed E-state index contributed by atoms with van der Waals surface area (Å²) in [5.41, 5.74) is 3.44. The Morgan fingerprint density at radius 3 is 1.81 bits per heavy atom. The lowest BCUT2D eigenvalue weighted by Crippen LogP contribution is -2.32. The summed E-state index contributed by atoms with van der Waals surface area (Å²) in [4.78, 5) is 27.9. The molecule has 0 aliphatic rings. The van der Waals surface area contributed by atoms with Crippen LogP contribution >= 0.6 is 11.3 Å². The fourth-order valence-corrected chi connectivity index (χ4v) is 5.11. The van der Waals surface area contributed by atoms with E-state index >= 15 is 0 Å². The molecule has 2 N–H and O–H groups in total. The highest BCUT2D eigenvalue weighted by Crippen LogP contribution is 2.36. The van der Waals surface area contributed by atoms with Gasteiger partial charge < -0.3 is 39.1 Å². The largest absolute Gasteiger partial charge is 0.481 e. The van der Waals surface area contributed by atoms with E-state index in [0.717, 1.165) is 22.6 Å². The molecule has 0 aliphatic carbocycles. The quantitative estimate of drug-likeness (QED) is 0.120. The second-order valence-electron chi connectivity index (χ2n) is 10.8. The van der Waals surface area contributed by atoms with E-state index in [1.165, 1.54) is 0 Å². The zero-order valence-corrected chi connectivity index (χ0v) is 28.4. The Labute approximate surface area is 280 Å². The number of nitrogens with zero attached hydrogens (tertiary/aromatic N) is 7. The van der Waals surface area contributed by atoms with Gasteiger partial charge in [0.1, 0.15) is 17.0 Å². The highest BCUT2D eigenvalue weighted by Gasteiger charge is 2.15. The molecule has 0 saturated heterocycles. The maximum atomic E-state index is 10.8. The van der Waals surface area contributed by atoms with Crippen LogP contribution in [0.25, 0.3) is 0 Å². The van der Waals surface area contributed by atoms with Crippen LogP contribution in [0.5, 0.6) is 0 Å². The summed E-state index contributed by atoms with van der Waals surface area (Å²) >= 11 is 1.14. The van der Waals surface area contributed by atoms with Crippen molar-refractivity contribution in [3.8, 4) is 12.1 Å². The zero-order chi connectivity index (χ0) is 34.6. The number of carboxylic acids is 2. The normalized spacial score (nSPS) is 11.3. The van der Waals surface area contributed by atoms with Gasteiger partial charge in [-0.3, -0.25) is 9.59 Å². The summed E-state index contributed by atoms with van der Waals surface area (Å²) in [5.74, 6) is -1.65. The molecule has 1 heterocycles. The molecule has 2 aromatic rings. The van der Waals surface area contributed by atoms with Crippen LogP contribution in [0, 0.1) is 36.5 Å². The maximum absolute atomic E-state index is 10.8. The topological polar surface area (TPSA) is 184 Å². The molecule has 1 aromatic heterocycles. The van der Waals surface area contributed by atoms with Gasteiger partial charge in [-0.1, -0.05) is 0 Å². The maximum Gasteiger partial charge on any atom is 0.304 e. The number of ether oxygens (including phenoxy) is 3. The molecule has 14 nitrogen and oxygen atoms in total. The monoisotopic (exact) mass is 671 g/mol. The Hall–Kier alpha value is -3.96. The van der Waals surface area contributed by atoms with Gasteiger partial charge in [0.2, 0.25) is 0 Å². The highest BCUT2D eigenvalue weighted by molar-refractivity contribution is 7.16. The summed E-state index contributed by atoms with van der Waals surface area (Å²) in [7, 11) is 3.72. The molecular formula is C32H45N7O7S. The van der Waals surface area contributed by atoms with Crippen molar-refractivity contribution in [2.24, 2.45) is 10.2 Å². The van der Waals surface area contributed by atoms with Gasteiger partial charge in [0.15, 0.2) is 5.00 Å². The molecule has 0 radical (unpaired) electrons. The molecule has 47 heavy (non-hydrogen) atoms. The predicted molar refractivity (Wildman–Crippen MR) is 178 cm³/mol. The smallest absolute Gasteiger partial charge is 0.304 e. The predicted octanol–water partition coefficient (Wildman–Crippen LogP) is 4.19. The van der Waals surface area contributed by atoms with Gasteiger partial charge in [-0.05, 0) is 57.3 Å². The lowest BCUT2D eigenvalue weighted by molar-refractivity contribution is -0.138. The molecular weight excluding hydrogens is 626 g/mol. The SMILES string of the molecule is Cc1cc(N(CCOCCOCCN(C)CCC(=O)O)CCOCCN(C)CCC(=O)O)ccc1/N=N/c1sc(C#N)c(C)c1C#N. The summed E-state index contributed by atoms with van der Waals surface area (Å²) in [6.07, 6.45) is 0.181. The minimum absolute atomic E-state index is 0.0848. The van der Waals surface area contributed by atoms with Gasteiger partial charge in [-0.25, -0.2) is 0 Å². The number of rotatable bonds is 24. The summed E-state index contributed by atoms with van der Waals surface area (Å²) in [6.45, 7) is 9.76. The van der Waals surface area contributed by atoms with Crippen molar-refractivity contribution < 1.29 is 34.0 Å². The van der Waals surface area contributed by atoms with Crippen LogP contribution in [-0.2, 0) is 23.8 Å². The number of carbonyl (C=O) groups is 2. The van der Waals surface area contributed by atoms with E-state index in [0.29, 0.717) is 106 Å². The van der Waals surface area contributed by atoms with Gasteiger partial charge in [0, 0.05) is 45.0 Å². The van der Waals surface area contributed by atoms with Crippen molar-refractivity contribution in [1.82, 2.24) is 9.80 Å². The van der Waals surface area contributed by atoms with Gasteiger partial charge in [-0.2, -0.15) is 10.5 Å². The van der Waals surface area contributed by atoms with Crippen LogP contribution in [0.4, 0.5) is 16.4 Å². The molecule has 1 aromatic carbocycles. The lowest BCUT2D eigenvalue weighted by atomic mass is 10.1. The van der Waals surface area contributed by atoms with Gasteiger partial charge in [0.25, 0.3) is 0 Å². The average Bonchev–Trinajstić information content (AvgIpc) is 3.35. The lowest BCUT2D eigenvalue weighted by Gasteiger charge is -2.26. The van der Waals surface area contributed by atoms with E-state index in [-0.39, 0.29) is 12.8 Å². The third-order valence-electron chi connectivity index (χ3n) is 7.17. The number of carboxylic acid groups (broad SMARTS) is 2. The Balaban J connectivity index is 1.95. The first-order chi connectivity index (χ1) is 22.5. The van der Waals surface area contributed by atoms with Crippen LogP contribution in [0.1, 0.15) is 34.4 Å². The van der Waals surface area contributed by atoms with E-state index in [4.69, 9.17) is 24.4 Å². The first-order valence-corrected chi connectivity index (χ1v) is 16.1. The summed E-state index contributed by atoms with van der Waals surface area (Å²) < 4.78 is 17.3. The minimum Gasteiger partial charge on any atom is -0.481 e. The Morgan fingerprint density at radius 2 is 1.32 bits per heavy atom. The molecule has 0 bridgehead atoms. The molecule has 0 aliphatic heterocycles. The van der Waals surface area contributed by atoms with Gasteiger partial charge in [0.05, 0.1) is 63.7 Å². The number of anilines is 1. The van der Waals surface area contributed by atoms with Crippen molar-refractivity contribution >= 4 is 39.7 Å². The van der Waals surface area contributed by atoms with Gasteiger partial charge >= 0.3 is 11.9 Å². The average molecular weight is 672 g/mol. The second kappa shape index (κ2) is 21.8. The van der Waals surface area contributed by atoms with E-state index in [2.05, 4.69) is 27.3 Å². The fourth-order valence-electron chi connectivity index (χ4n) is 4.24. The van der Waals surface area contributed by atoms with Crippen molar-refractivity contribution in [2.75, 3.05) is 97.9 Å².